The van der Waals surface area contributed by atoms with Gasteiger partial charge in [-0.15, -0.1) is 10.2 Å². The Labute approximate surface area is 128 Å². The van der Waals surface area contributed by atoms with E-state index < -0.39 is 5.82 Å². The molecule has 0 bridgehead atoms. The Kier molecular flexibility index (Phi) is 3.78. The predicted octanol–water partition coefficient (Wildman–Crippen LogP) is 1.50. The van der Waals surface area contributed by atoms with E-state index in [0.29, 0.717) is 17.3 Å². The van der Waals surface area contributed by atoms with Crippen LogP contribution in [0.25, 0.3) is 11.5 Å². The second kappa shape index (κ2) is 6.05. The summed E-state index contributed by atoms with van der Waals surface area (Å²) in [7, 11) is 0. The molecule has 4 N–H and O–H groups in total. The van der Waals surface area contributed by atoms with E-state index in [-0.39, 0.29) is 17.5 Å². The molecule has 3 aromatic rings. The third-order valence-corrected chi connectivity index (χ3v) is 2.76. The number of nitrogens with two attached hydrogens (primary N) is 1. The Hall–Kier alpha value is -3.56. The Balaban J connectivity index is 1.75. The molecule has 0 aliphatic rings. The van der Waals surface area contributed by atoms with E-state index in [0.717, 1.165) is 6.20 Å². The highest BCUT2D eigenvalue weighted by Crippen LogP contribution is 2.22. The summed E-state index contributed by atoms with van der Waals surface area (Å²) in [5, 5.41) is 21.8. The van der Waals surface area contributed by atoms with Gasteiger partial charge in [0.15, 0.2) is 17.4 Å². The number of halogens is 1. The maximum Gasteiger partial charge on any atom is 0.300 e. The summed E-state index contributed by atoms with van der Waals surface area (Å²) in [6.07, 6.45) is 2.53. The number of pyridine rings is 1. The minimum Gasteiger partial charge on any atom is -0.422 e. The van der Waals surface area contributed by atoms with E-state index in [2.05, 4.69) is 30.6 Å². The summed E-state index contributed by atoms with van der Waals surface area (Å²) in [5.41, 5.74) is 6.06. The fourth-order valence-corrected chi connectivity index (χ4v) is 1.67. The molecular weight excluding hydrogens is 305 g/mol. The molecule has 23 heavy (non-hydrogen) atoms. The van der Waals surface area contributed by atoms with E-state index in [1.807, 2.05) is 0 Å². The minimum absolute atomic E-state index is 0.148. The van der Waals surface area contributed by atoms with Crippen LogP contribution in [-0.4, -0.2) is 31.2 Å². The first-order valence-electron chi connectivity index (χ1n) is 6.32. The van der Waals surface area contributed by atoms with Gasteiger partial charge in [-0.3, -0.25) is 5.32 Å². The number of amidine groups is 1. The minimum atomic E-state index is -0.437. The standard InChI is InChI=1S/C13H10FN7O2/c14-7-1-2-8(16-5-7)10-6-17-13(23-10)18-11-4-3-9(19-20-11)12(15)21-22/h1-6,22H,(H2,15,21)(H,17,18,20). The number of oxazole rings is 1. The highest BCUT2D eigenvalue weighted by atomic mass is 19.1. The first-order valence-corrected chi connectivity index (χ1v) is 6.32. The number of oxime groups is 1. The van der Waals surface area contributed by atoms with Crippen molar-refractivity contribution in [3.05, 3.63) is 48.2 Å². The highest BCUT2D eigenvalue weighted by molar-refractivity contribution is 5.95. The van der Waals surface area contributed by atoms with Gasteiger partial charge in [0.2, 0.25) is 0 Å². The largest absolute Gasteiger partial charge is 0.422 e. The van der Waals surface area contributed by atoms with Crippen LogP contribution >= 0.6 is 0 Å². The maximum atomic E-state index is 12.8. The molecule has 0 saturated carbocycles. The van der Waals surface area contributed by atoms with Crippen molar-refractivity contribution in [2.45, 2.75) is 0 Å². The van der Waals surface area contributed by atoms with Gasteiger partial charge in [-0.1, -0.05) is 5.16 Å². The quantitative estimate of drug-likeness (QED) is 0.285. The van der Waals surface area contributed by atoms with Crippen molar-refractivity contribution in [1.29, 1.82) is 0 Å². The average Bonchev–Trinajstić information content (AvgIpc) is 3.04. The number of nitrogens with zero attached hydrogens (tertiary/aromatic N) is 5. The summed E-state index contributed by atoms with van der Waals surface area (Å²) in [4.78, 5) is 7.91. The average molecular weight is 315 g/mol. The first-order chi connectivity index (χ1) is 11.2. The van der Waals surface area contributed by atoms with Crippen molar-refractivity contribution >= 4 is 17.7 Å². The molecule has 0 fully saturated rings. The number of nitrogens with one attached hydrogen (secondary N) is 1. The summed E-state index contributed by atoms with van der Waals surface area (Å²) in [6, 6.07) is 5.98. The van der Waals surface area contributed by atoms with Gasteiger partial charge < -0.3 is 15.4 Å². The maximum absolute atomic E-state index is 12.8. The zero-order valence-corrected chi connectivity index (χ0v) is 11.5. The fraction of sp³-hybridized carbons (Fsp3) is 0. The van der Waals surface area contributed by atoms with Gasteiger partial charge in [0, 0.05) is 0 Å². The van der Waals surface area contributed by atoms with Crippen LogP contribution < -0.4 is 11.1 Å². The van der Waals surface area contributed by atoms with Crippen molar-refractivity contribution in [1.82, 2.24) is 20.2 Å². The van der Waals surface area contributed by atoms with Crippen LogP contribution in [-0.2, 0) is 0 Å². The smallest absolute Gasteiger partial charge is 0.300 e. The Bertz CT molecular complexity index is 830. The van der Waals surface area contributed by atoms with Crippen molar-refractivity contribution in [3.63, 3.8) is 0 Å². The molecule has 9 nitrogen and oxygen atoms in total. The van der Waals surface area contributed by atoms with Crippen LogP contribution in [0.15, 0.2) is 46.2 Å². The molecule has 0 aromatic carbocycles. The first kappa shape index (κ1) is 14.4. The zero-order valence-electron chi connectivity index (χ0n) is 11.5. The van der Waals surface area contributed by atoms with Crippen LogP contribution in [0.3, 0.4) is 0 Å². The molecule has 3 heterocycles. The third kappa shape index (κ3) is 3.20. The normalized spacial score (nSPS) is 11.4. The van der Waals surface area contributed by atoms with Gasteiger partial charge in [-0.25, -0.2) is 14.4 Å². The number of rotatable bonds is 4. The SMILES string of the molecule is NC(=NO)c1ccc(Nc2ncc(-c3ccc(F)cn3)o2)nn1. The number of aromatic nitrogens is 4. The highest BCUT2D eigenvalue weighted by Gasteiger charge is 2.09. The van der Waals surface area contributed by atoms with E-state index in [1.54, 1.807) is 6.07 Å². The summed E-state index contributed by atoms with van der Waals surface area (Å²) < 4.78 is 18.3. The molecule has 116 valence electrons. The van der Waals surface area contributed by atoms with E-state index in [4.69, 9.17) is 15.4 Å². The van der Waals surface area contributed by atoms with Crippen LogP contribution in [0.1, 0.15) is 5.69 Å². The molecule has 0 atom stereocenters. The Morgan fingerprint density at radius 2 is 2.04 bits per heavy atom. The molecular formula is C13H10FN7O2. The number of hydrogen-bond donors (Lipinski definition) is 3. The number of hydrogen-bond acceptors (Lipinski definition) is 8. The van der Waals surface area contributed by atoms with Crippen LogP contribution in [0.2, 0.25) is 0 Å². The lowest BCUT2D eigenvalue weighted by Gasteiger charge is -2.01. The summed E-state index contributed by atoms with van der Waals surface area (Å²) >= 11 is 0. The van der Waals surface area contributed by atoms with Crippen molar-refractivity contribution < 1.29 is 14.0 Å². The number of anilines is 2. The van der Waals surface area contributed by atoms with Gasteiger partial charge in [0.1, 0.15) is 17.2 Å². The fourth-order valence-electron chi connectivity index (χ4n) is 1.67. The molecule has 0 saturated heterocycles. The van der Waals surface area contributed by atoms with E-state index >= 15 is 0 Å². The third-order valence-electron chi connectivity index (χ3n) is 2.76. The topological polar surface area (TPSA) is 135 Å². The molecule has 0 aliphatic heterocycles. The molecule has 0 amide bonds. The predicted molar refractivity (Wildman–Crippen MR) is 77.5 cm³/mol. The Morgan fingerprint density at radius 3 is 2.70 bits per heavy atom. The summed E-state index contributed by atoms with van der Waals surface area (Å²) in [5.74, 6) is 0.131. The van der Waals surface area contributed by atoms with Gasteiger partial charge in [0.05, 0.1) is 12.4 Å². The van der Waals surface area contributed by atoms with E-state index in [1.165, 1.54) is 24.4 Å². The van der Waals surface area contributed by atoms with Crippen LogP contribution in [0.5, 0.6) is 0 Å². The second-order valence-electron chi connectivity index (χ2n) is 4.31. The molecule has 10 heteroatoms. The molecule has 0 spiro atoms. The van der Waals surface area contributed by atoms with Crippen LogP contribution in [0.4, 0.5) is 16.2 Å². The Morgan fingerprint density at radius 1 is 1.17 bits per heavy atom. The summed E-state index contributed by atoms with van der Waals surface area (Å²) in [6.45, 7) is 0. The molecule has 3 aromatic heterocycles. The lowest BCUT2D eigenvalue weighted by molar-refractivity contribution is 0.318. The van der Waals surface area contributed by atoms with Gasteiger partial charge in [-0.2, -0.15) is 0 Å². The van der Waals surface area contributed by atoms with E-state index in [9.17, 15) is 4.39 Å². The lowest BCUT2D eigenvalue weighted by atomic mass is 10.3. The van der Waals surface area contributed by atoms with Crippen molar-refractivity contribution in [3.8, 4) is 11.5 Å². The van der Waals surface area contributed by atoms with Crippen LogP contribution in [0, 0.1) is 5.82 Å². The molecule has 0 unspecified atom stereocenters. The zero-order chi connectivity index (χ0) is 16.2. The molecule has 0 aliphatic carbocycles. The monoisotopic (exact) mass is 315 g/mol. The molecule has 3 rings (SSSR count). The second-order valence-corrected chi connectivity index (χ2v) is 4.31. The van der Waals surface area contributed by atoms with Gasteiger partial charge in [-0.05, 0) is 24.3 Å². The van der Waals surface area contributed by atoms with Gasteiger partial charge >= 0.3 is 6.01 Å². The lowest BCUT2D eigenvalue weighted by Crippen LogP contribution is -2.15. The van der Waals surface area contributed by atoms with Crippen molar-refractivity contribution in [2.24, 2.45) is 10.9 Å². The van der Waals surface area contributed by atoms with Gasteiger partial charge in [0.25, 0.3) is 0 Å². The molecule has 0 radical (unpaired) electrons. The van der Waals surface area contributed by atoms with Crippen molar-refractivity contribution in [2.75, 3.05) is 5.32 Å².